The lowest BCUT2D eigenvalue weighted by Crippen LogP contribution is -2.44. The van der Waals surface area contributed by atoms with Crippen LogP contribution in [0.1, 0.15) is 19.3 Å². The molecule has 2 rings (SSSR count). The van der Waals surface area contributed by atoms with Crippen molar-refractivity contribution < 1.29 is 9.84 Å². The van der Waals surface area contributed by atoms with E-state index in [4.69, 9.17) is 9.84 Å². The molecule has 0 radical (unpaired) electrons. The lowest BCUT2D eigenvalue weighted by atomic mass is 9.92. The number of rotatable bonds is 5. The average molecular weight is 214 g/mol. The third-order valence-corrected chi connectivity index (χ3v) is 3.25. The Morgan fingerprint density at radius 1 is 1.27 bits per heavy atom. The second kappa shape index (κ2) is 5.80. The zero-order valence-corrected chi connectivity index (χ0v) is 9.32. The van der Waals surface area contributed by atoms with Crippen molar-refractivity contribution in [3.63, 3.8) is 0 Å². The molecule has 0 bridgehead atoms. The maximum atomic E-state index is 9.08. The summed E-state index contributed by atoms with van der Waals surface area (Å²) in [5, 5.41) is 12.4. The molecule has 88 valence electrons. The first-order valence-corrected chi connectivity index (χ1v) is 6.07. The summed E-state index contributed by atoms with van der Waals surface area (Å²) in [5.74, 6) is 0. The third kappa shape index (κ3) is 3.72. The largest absolute Gasteiger partial charge is 0.393 e. The molecule has 1 saturated carbocycles. The molecule has 1 saturated heterocycles. The second-order valence-corrected chi connectivity index (χ2v) is 4.56. The first-order valence-electron chi connectivity index (χ1n) is 6.07. The van der Waals surface area contributed by atoms with Crippen LogP contribution >= 0.6 is 0 Å². The van der Waals surface area contributed by atoms with Gasteiger partial charge < -0.3 is 20.1 Å². The highest BCUT2D eigenvalue weighted by molar-refractivity contribution is 4.79. The monoisotopic (exact) mass is 214 g/mol. The Balaban J connectivity index is 1.44. The zero-order valence-electron chi connectivity index (χ0n) is 9.32. The number of ether oxygens (including phenoxy) is 1. The van der Waals surface area contributed by atoms with Gasteiger partial charge >= 0.3 is 0 Å². The van der Waals surface area contributed by atoms with E-state index in [0.29, 0.717) is 6.10 Å². The van der Waals surface area contributed by atoms with Crippen LogP contribution in [0.2, 0.25) is 0 Å². The zero-order chi connectivity index (χ0) is 10.5. The third-order valence-electron chi connectivity index (χ3n) is 3.25. The minimum absolute atomic E-state index is 0.0943. The van der Waals surface area contributed by atoms with Crippen molar-refractivity contribution in [1.29, 1.82) is 0 Å². The summed E-state index contributed by atoms with van der Waals surface area (Å²) in [4.78, 5) is 2.48. The summed E-state index contributed by atoms with van der Waals surface area (Å²) in [7, 11) is 0. The van der Waals surface area contributed by atoms with Gasteiger partial charge in [-0.15, -0.1) is 0 Å². The smallest absolute Gasteiger partial charge is 0.0624 e. The van der Waals surface area contributed by atoms with Crippen molar-refractivity contribution in [2.75, 3.05) is 39.3 Å². The fraction of sp³-hybridized carbons (Fsp3) is 1.00. The van der Waals surface area contributed by atoms with E-state index in [1.54, 1.807) is 0 Å². The van der Waals surface area contributed by atoms with Crippen molar-refractivity contribution in [1.82, 2.24) is 10.2 Å². The number of aliphatic hydroxyl groups is 1. The molecule has 2 fully saturated rings. The van der Waals surface area contributed by atoms with E-state index in [1.165, 1.54) is 13.1 Å². The molecule has 0 aromatic heterocycles. The second-order valence-electron chi connectivity index (χ2n) is 4.56. The Labute approximate surface area is 91.6 Å². The lowest BCUT2D eigenvalue weighted by molar-refractivity contribution is -0.0722. The van der Waals surface area contributed by atoms with Gasteiger partial charge in [0.15, 0.2) is 0 Å². The Bertz CT molecular complexity index is 177. The highest BCUT2D eigenvalue weighted by atomic mass is 16.5. The van der Waals surface area contributed by atoms with Crippen LogP contribution in [0.5, 0.6) is 0 Å². The predicted molar refractivity (Wildman–Crippen MR) is 58.9 cm³/mol. The maximum Gasteiger partial charge on any atom is 0.0624 e. The van der Waals surface area contributed by atoms with Crippen molar-refractivity contribution in [3.8, 4) is 0 Å². The van der Waals surface area contributed by atoms with Gasteiger partial charge in [-0.05, 0) is 19.3 Å². The van der Waals surface area contributed by atoms with Crippen LogP contribution in [0.25, 0.3) is 0 Å². The molecule has 1 heterocycles. The molecule has 1 aliphatic heterocycles. The fourth-order valence-electron chi connectivity index (χ4n) is 2.15. The molecule has 1 aliphatic carbocycles. The van der Waals surface area contributed by atoms with Crippen LogP contribution in [-0.4, -0.2) is 61.5 Å². The molecule has 0 aromatic rings. The molecule has 0 spiro atoms. The van der Waals surface area contributed by atoms with Gasteiger partial charge in [0.05, 0.1) is 12.2 Å². The predicted octanol–water partition coefficient (Wildman–Crippen LogP) is -0.178. The van der Waals surface area contributed by atoms with Crippen LogP contribution in [-0.2, 0) is 4.74 Å². The van der Waals surface area contributed by atoms with Gasteiger partial charge in [-0.2, -0.15) is 0 Å². The molecule has 2 N–H and O–H groups in total. The number of nitrogens with zero attached hydrogens (tertiary/aromatic N) is 1. The van der Waals surface area contributed by atoms with E-state index in [-0.39, 0.29) is 6.10 Å². The van der Waals surface area contributed by atoms with Crippen LogP contribution in [0.15, 0.2) is 0 Å². The van der Waals surface area contributed by atoms with E-state index in [1.807, 2.05) is 0 Å². The first-order chi connectivity index (χ1) is 7.34. The summed E-state index contributed by atoms with van der Waals surface area (Å²) in [5.41, 5.74) is 0. The quantitative estimate of drug-likeness (QED) is 0.623. The minimum Gasteiger partial charge on any atom is -0.393 e. The Hall–Kier alpha value is -0.160. The van der Waals surface area contributed by atoms with Gasteiger partial charge in [0, 0.05) is 39.3 Å². The maximum absolute atomic E-state index is 9.08. The summed E-state index contributed by atoms with van der Waals surface area (Å²) < 4.78 is 5.64. The highest BCUT2D eigenvalue weighted by Crippen LogP contribution is 2.22. The van der Waals surface area contributed by atoms with Crippen LogP contribution in [0.3, 0.4) is 0 Å². The van der Waals surface area contributed by atoms with Crippen molar-refractivity contribution in [3.05, 3.63) is 0 Å². The van der Waals surface area contributed by atoms with E-state index in [0.717, 1.165) is 45.5 Å². The van der Waals surface area contributed by atoms with Gasteiger partial charge in [-0.25, -0.2) is 0 Å². The molecule has 0 aromatic carbocycles. The molecule has 4 nitrogen and oxygen atoms in total. The minimum atomic E-state index is -0.0943. The van der Waals surface area contributed by atoms with E-state index in [2.05, 4.69) is 10.2 Å². The van der Waals surface area contributed by atoms with Gasteiger partial charge in [0.1, 0.15) is 0 Å². The van der Waals surface area contributed by atoms with Gasteiger partial charge in [-0.1, -0.05) is 0 Å². The fourth-order valence-corrected chi connectivity index (χ4v) is 2.15. The SMILES string of the molecule is OC1CC(OCCCN2CCNCC2)C1. The van der Waals surface area contributed by atoms with Gasteiger partial charge in [0.25, 0.3) is 0 Å². The van der Waals surface area contributed by atoms with Crippen molar-refractivity contribution in [2.45, 2.75) is 31.5 Å². The summed E-state index contributed by atoms with van der Waals surface area (Å²) in [6, 6.07) is 0. The highest BCUT2D eigenvalue weighted by Gasteiger charge is 2.27. The summed E-state index contributed by atoms with van der Waals surface area (Å²) in [6.07, 6.45) is 3.04. The van der Waals surface area contributed by atoms with Crippen molar-refractivity contribution in [2.24, 2.45) is 0 Å². The van der Waals surface area contributed by atoms with Gasteiger partial charge in [0.2, 0.25) is 0 Å². The molecular weight excluding hydrogens is 192 g/mol. The average Bonchev–Trinajstić information content (AvgIpc) is 2.23. The van der Waals surface area contributed by atoms with E-state index < -0.39 is 0 Å². The normalized spacial score (nSPS) is 32.6. The molecule has 0 atom stereocenters. The first kappa shape index (κ1) is 11.3. The standard InChI is InChI=1S/C11H22N2O2/c14-10-8-11(9-10)15-7-1-4-13-5-2-12-3-6-13/h10-12,14H,1-9H2. The molecular formula is C11H22N2O2. The molecule has 15 heavy (non-hydrogen) atoms. The molecule has 0 amide bonds. The molecule has 0 unspecified atom stereocenters. The molecule has 2 aliphatic rings. The van der Waals surface area contributed by atoms with Crippen LogP contribution < -0.4 is 5.32 Å². The number of hydrogen-bond donors (Lipinski definition) is 2. The Morgan fingerprint density at radius 3 is 2.67 bits per heavy atom. The van der Waals surface area contributed by atoms with Gasteiger partial charge in [-0.3, -0.25) is 0 Å². The number of piperazine rings is 1. The number of hydrogen-bond acceptors (Lipinski definition) is 4. The Kier molecular flexibility index (Phi) is 4.38. The van der Waals surface area contributed by atoms with Crippen LogP contribution in [0.4, 0.5) is 0 Å². The molecule has 4 heteroatoms. The summed E-state index contributed by atoms with van der Waals surface area (Å²) >= 11 is 0. The van der Waals surface area contributed by atoms with Crippen molar-refractivity contribution >= 4 is 0 Å². The van der Waals surface area contributed by atoms with E-state index in [9.17, 15) is 0 Å². The summed E-state index contributed by atoms with van der Waals surface area (Å²) in [6.45, 7) is 6.58. The Morgan fingerprint density at radius 2 is 2.00 bits per heavy atom. The van der Waals surface area contributed by atoms with E-state index >= 15 is 0 Å². The van der Waals surface area contributed by atoms with Crippen LogP contribution in [0, 0.1) is 0 Å². The number of nitrogens with one attached hydrogen (secondary N) is 1. The topological polar surface area (TPSA) is 44.7 Å². The lowest BCUT2D eigenvalue weighted by Gasteiger charge is -2.32. The number of aliphatic hydroxyl groups excluding tert-OH is 1.